The molecule has 9 rings (SSSR count). The fraction of sp³-hybridized carbons (Fsp3) is 0.417. The number of hydrogen-bond donors (Lipinski definition) is 4. The van der Waals surface area contributed by atoms with E-state index in [-0.39, 0.29) is 35.7 Å². The Morgan fingerprint density at radius 2 is 1.32 bits per heavy atom. The van der Waals surface area contributed by atoms with Crippen molar-refractivity contribution in [3.05, 3.63) is 84.6 Å². The Morgan fingerprint density at radius 1 is 0.714 bits per heavy atom. The van der Waals surface area contributed by atoms with Crippen molar-refractivity contribution < 1.29 is 33.4 Å². The predicted molar refractivity (Wildman–Crippen MR) is 239 cm³/mol. The number of likely N-dealkylation sites (tertiary alicyclic amines) is 2. The molecule has 4 amide bonds. The van der Waals surface area contributed by atoms with Crippen LogP contribution in [0.3, 0.4) is 0 Å². The highest BCUT2D eigenvalue weighted by molar-refractivity contribution is 6.06. The van der Waals surface area contributed by atoms with Crippen LogP contribution >= 0.6 is 0 Å². The molecule has 0 spiro atoms. The van der Waals surface area contributed by atoms with Crippen molar-refractivity contribution in [1.29, 1.82) is 0 Å². The molecule has 0 unspecified atom stereocenters. The number of nitrogens with one attached hydrogen (secondary N) is 4. The van der Waals surface area contributed by atoms with Gasteiger partial charge in [0.15, 0.2) is 0 Å². The third-order valence-corrected chi connectivity index (χ3v) is 13.1. The smallest absolute Gasteiger partial charge is 0.407 e. The number of fused-ring (bicyclic) bond motifs is 4. The fourth-order valence-electron chi connectivity index (χ4n) is 9.71. The Bertz CT molecular complexity index is 2690. The average molecular weight is 855 g/mol. The molecular weight excluding hydrogens is 801 g/mol. The first-order valence-corrected chi connectivity index (χ1v) is 22.0. The van der Waals surface area contributed by atoms with Crippen LogP contribution < -0.4 is 10.6 Å². The third-order valence-electron chi connectivity index (χ3n) is 13.1. The van der Waals surface area contributed by atoms with Crippen molar-refractivity contribution in [3.8, 4) is 22.4 Å². The summed E-state index contributed by atoms with van der Waals surface area (Å²) in [5, 5.41) is 9.82. The van der Waals surface area contributed by atoms with Gasteiger partial charge in [0.1, 0.15) is 23.7 Å². The van der Waals surface area contributed by atoms with Gasteiger partial charge < -0.3 is 44.6 Å². The average Bonchev–Trinajstić information content (AvgIpc) is 4.16. The van der Waals surface area contributed by atoms with Gasteiger partial charge in [-0.2, -0.15) is 0 Å². The van der Waals surface area contributed by atoms with E-state index in [1.54, 1.807) is 0 Å². The molecule has 328 valence electrons. The summed E-state index contributed by atoms with van der Waals surface area (Å²) in [6.07, 6.45) is 5.22. The molecule has 3 aliphatic rings. The number of carbonyl (C=O) groups is 4. The highest BCUT2D eigenvalue weighted by atomic mass is 16.5. The van der Waals surface area contributed by atoms with E-state index in [2.05, 4.69) is 87.3 Å². The second-order valence-electron chi connectivity index (χ2n) is 17.3. The van der Waals surface area contributed by atoms with Gasteiger partial charge in [-0.3, -0.25) is 9.59 Å². The maximum Gasteiger partial charge on any atom is 0.407 e. The highest BCUT2D eigenvalue weighted by Crippen LogP contribution is 2.37. The quantitative estimate of drug-likeness (QED) is 0.107. The van der Waals surface area contributed by atoms with Crippen LogP contribution in [0, 0.1) is 11.8 Å². The number of hydrogen-bond acceptors (Lipinski definition) is 9. The Hall–Kier alpha value is -6.48. The Kier molecular flexibility index (Phi) is 11.8. The lowest BCUT2D eigenvalue weighted by Gasteiger charge is -2.34. The number of carbonyl (C=O) groups excluding carboxylic acids is 4. The number of alkyl carbamates (subject to hydrolysis) is 2. The summed E-state index contributed by atoms with van der Waals surface area (Å²) in [4.78, 5) is 72.7. The van der Waals surface area contributed by atoms with Gasteiger partial charge in [0.2, 0.25) is 11.8 Å². The van der Waals surface area contributed by atoms with Gasteiger partial charge in [0.05, 0.1) is 49.2 Å². The van der Waals surface area contributed by atoms with Crippen molar-refractivity contribution in [2.45, 2.75) is 76.5 Å². The number of rotatable bonds is 10. The maximum atomic E-state index is 14.1. The van der Waals surface area contributed by atoms with Crippen LogP contribution in [0.25, 0.3) is 55.0 Å². The first kappa shape index (κ1) is 41.9. The Morgan fingerprint density at radius 3 is 2.02 bits per heavy atom. The number of aromatic nitrogens is 4. The van der Waals surface area contributed by atoms with E-state index in [4.69, 9.17) is 24.2 Å². The van der Waals surface area contributed by atoms with Crippen LogP contribution in [0.5, 0.6) is 0 Å². The molecule has 15 heteroatoms. The van der Waals surface area contributed by atoms with Gasteiger partial charge >= 0.3 is 12.2 Å². The molecule has 5 heterocycles. The summed E-state index contributed by atoms with van der Waals surface area (Å²) in [7, 11) is 2.61. The van der Waals surface area contributed by atoms with E-state index in [1.807, 2.05) is 29.8 Å². The molecule has 3 aliphatic heterocycles. The minimum Gasteiger partial charge on any atom is -0.453 e. The molecule has 4 N–H and O–H groups in total. The lowest BCUT2D eigenvalue weighted by molar-refractivity contribution is -0.137. The second-order valence-corrected chi connectivity index (χ2v) is 17.3. The van der Waals surface area contributed by atoms with Crippen LogP contribution in [0.4, 0.5) is 9.59 Å². The first-order chi connectivity index (χ1) is 30.6. The van der Waals surface area contributed by atoms with Crippen LogP contribution in [0.15, 0.2) is 72.9 Å². The zero-order chi connectivity index (χ0) is 43.8. The molecule has 2 aromatic heterocycles. The van der Waals surface area contributed by atoms with Gasteiger partial charge in [-0.05, 0) is 102 Å². The number of benzene rings is 4. The van der Waals surface area contributed by atoms with Gasteiger partial charge in [0.25, 0.3) is 0 Å². The van der Waals surface area contributed by atoms with Gasteiger partial charge in [-0.15, -0.1) is 0 Å². The standard InChI is InChI=1S/C48H54N8O7/c1-27(2)40(53-47(59)61-3)45(57)55-19-5-7-38(55)43-49-26-37(51-43)34-12-11-30-23-29(9-10-31(30)25-34)32-13-15-35-33(24-32)14-16-36-42(35)52-44(50-36)39-8-6-20-56(39)46(58)41(54-48(60)62-4)28-17-21-63-22-18-28/h9-16,23-28,38-41H,5-8,17-22H2,1-4H3,(H,49,51)(H,50,52)(H,53,59)(H,54,60)/t38-,39-,40-,41-/m0/s1. The summed E-state index contributed by atoms with van der Waals surface area (Å²) in [6, 6.07) is 21.6. The van der Waals surface area contributed by atoms with Crippen molar-refractivity contribution in [2.75, 3.05) is 40.5 Å². The van der Waals surface area contributed by atoms with E-state index >= 15 is 0 Å². The van der Waals surface area contributed by atoms with Gasteiger partial charge in [0, 0.05) is 37.3 Å². The summed E-state index contributed by atoms with van der Waals surface area (Å²) in [5.74, 6) is 1.09. The maximum absolute atomic E-state index is 14.1. The van der Waals surface area contributed by atoms with Crippen LogP contribution in [-0.2, 0) is 23.8 Å². The molecule has 0 aliphatic carbocycles. The molecule has 0 saturated carbocycles. The van der Waals surface area contributed by atoms with Crippen molar-refractivity contribution >= 4 is 56.6 Å². The highest BCUT2D eigenvalue weighted by Gasteiger charge is 2.41. The monoisotopic (exact) mass is 854 g/mol. The molecule has 63 heavy (non-hydrogen) atoms. The van der Waals surface area contributed by atoms with Gasteiger partial charge in [-0.1, -0.05) is 56.3 Å². The van der Waals surface area contributed by atoms with E-state index in [0.29, 0.717) is 39.1 Å². The number of nitrogens with zero attached hydrogens (tertiary/aromatic N) is 4. The Labute approximate surface area is 365 Å². The zero-order valence-electron chi connectivity index (χ0n) is 36.1. The second kappa shape index (κ2) is 17.7. The third kappa shape index (κ3) is 8.29. The number of methoxy groups -OCH3 is 2. The normalized spacial score (nSPS) is 19.2. The molecule has 4 aromatic carbocycles. The van der Waals surface area contributed by atoms with Gasteiger partial charge in [-0.25, -0.2) is 19.6 Å². The fourth-order valence-corrected chi connectivity index (χ4v) is 9.71. The van der Waals surface area contributed by atoms with Crippen LogP contribution in [0.2, 0.25) is 0 Å². The molecule has 3 fully saturated rings. The van der Waals surface area contributed by atoms with E-state index < -0.39 is 24.3 Å². The zero-order valence-corrected chi connectivity index (χ0v) is 36.1. The summed E-state index contributed by atoms with van der Waals surface area (Å²) < 4.78 is 15.2. The van der Waals surface area contributed by atoms with Crippen molar-refractivity contribution in [2.24, 2.45) is 11.8 Å². The van der Waals surface area contributed by atoms with E-state index in [1.165, 1.54) is 14.2 Å². The molecule has 0 bridgehead atoms. The SMILES string of the molecule is COC(=O)N[C@H](C(=O)N1CCC[C@H]1c1ncc(-c2ccc3cc(-c4ccc5c(ccc6[nH]c([C@@H]7CCCN7C(=O)[C@@H](NC(=O)OC)C7CCOCC7)nc65)c4)ccc3c2)[nH]1)C(C)C. The van der Waals surface area contributed by atoms with Crippen molar-refractivity contribution in [1.82, 2.24) is 40.4 Å². The molecular formula is C48H54N8O7. The number of aromatic amines is 2. The minimum atomic E-state index is -0.692. The van der Waals surface area contributed by atoms with Crippen molar-refractivity contribution in [3.63, 3.8) is 0 Å². The van der Waals surface area contributed by atoms with E-state index in [0.717, 1.165) is 92.3 Å². The number of imidazole rings is 2. The lowest BCUT2D eigenvalue weighted by Crippen LogP contribution is -2.53. The molecule has 0 radical (unpaired) electrons. The molecule has 6 aromatic rings. The molecule has 3 saturated heterocycles. The minimum absolute atomic E-state index is 0.0328. The van der Waals surface area contributed by atoms with Crippen LogP contribution in [-0.4, -0.2) is 106 Å². The topological polar surface area (TPSA) is 184 Å². The Balaban J connectivity index is 0.920. The summed E-state index contributed by atoms with van der Waals surface area (Å²) in [6.45, 7) is 6.11. The number of amides is 4. The number of ether oxygens (including phenoxy) is 3. The van der Waals surface area contributed by atoms with Crippen LogP contribution in [0.1, 0.15) is 76.1 Å². The summed E-state index contributed by atoms with van der Waals surface area (Å²) in [5.41, 5.74) is 5.81. The summed E-state index contributed by atoms with van der Waals surface area (Å²) >= 11 is 0. The first-order valence-electron chi connectivity index (χ1n) is 22.0. The molecule has 4 atom stereocenters. The largest absolute Gasteiger partial charge is 0.453 e. The van der Waals surface area contributed by atoms with E-state index in [9.17, 15) is 19.2 Å². The predicted octanol–water partition coefficient (Wildman–Crippen LogP) is 7.79. The lowest BCUT2D eigenvalue weighted by atomic mass is 9.90. The number of H-pyrrole nitrogens is 2. The molecule has 15 nitrogen and oxygen atoms in total.